The maximum atomic E-state index is 9.93. The van der Waals surface area contributed by atoms with Crippen molar-refractivity contribution in [1.29, 1.82) is 0 Å². The zero-order valence-corrected chi connectivity index (χ0v) is 5.66. The number of carbonyl (C=O) groups excluding carboxylic acids is 3. The fourth-order valence-corrected chi connectivity index (χ4v) is 0.697. The molecule has 0 N–H and O–H groups in total. The van der Waals surface area contributed by atoms with Crippen molar-refractivity contribution in [2.75, 3.05) is 0 Å². The Labute approximate surface area is 108 Å². The molecule has 0 bridgehead atoms. The van der Waals surface area contributed by atoms with E-state index in [1.807, 2.05) is 0 Å². The van der Waals surface area contributed by atoms with Crippen LogP contribution in [0.5, 0.6) is 0 Å². The van der Waals surface area contributed by atoms with Gasteiger partial charge >= 0.3 is 51.4 Å². The molecule has 0 spiro atoms. The Kier molecular flexibility index (Phi) is 13.7. The Bertz CT molecular complexity index is 101. The van der Waals surface area contributed by atoms with Crippen molar-refractivity contribution < 1.29 is 14.4 Å². The van der Waals surface area contributed by atoms with Gasteiger partial charge in [-0.15, -0.1) is 0 Å². The van der Waals surface area contributed by atoms with Crippen LogP contribution in [0.4, 0.5) is 0 Å². The van der Waals surface area contributed by atoms with Crippen LogP contribution in [0, 0.1) is 5.92 Å². The SMILES string of the molecule is O=CCC(CC=O)CC=O.[KH]. The van der Waals surface area contributed by atoms with Crippen molar-refractivity contribution in [2.24, 2.45) is 5.92 Å². The van der Waals surface area contributed by atoms with E-state index in [0.29, 0.717) is 19.3 Å². The van der Waals surface area contributed by atoms with E-state index in [9.17, 15) is 14.4 Å². The summed E-state index contributed by atoms with van der Waals surface area (Å²) in [7, 11) is 0. The zero-order chi connectivity index (χ0) is 7.82. The van der Waals surface area contributed by atoms with Crippen molar-refractivity contribution in [3.05, 3.63) is 0 Å². The second kappa shape index (κ2) is 10.6. The van der Waals surface area contributed by atoms with E-state index in [0.717, 1.165) is 18.9 Å². The van der Waals surface area contributed by atoms with Gasteiger partial charge in [0.15, 0.2) is 0 Å². The molecule has 0 saturated heterocycles. The monoisotopic (exact) mass is 182 g/mol. The van der Waals surface area contributed by atoms with Gasteiger partial charge in [-0.1, -0.05) is 0 Å². The van der Waals surface area contributed by atoms with Crippen LogP contribution in [-0.4, -0.2) is 70.2 Å². The molecule has 0 saturated carbocycles. The molecule has 0 aromatic heterocycles. The molecule has 0 unspecified atom stereocenters. The normalized spacial score (nSPS) is 8.45. The third-order valence-corrected chi connectivity index (χ3v) is 1.29. The molecular formula is C7H11KO3. The molecule has 0 rings (SSSR count). The molecule has 0 atom stereocenters. The van der Waals surface area contributed by atoms with Gasteiger partial charge in [-0.05, 0) is 5.92 Å². The Hall–Kier alpha value is 0.646. The second-order valence-corrected chi connectivity index (χ2v) is 2.07. The van der Waals surface area contributed by atoms with Crippen LogP contribution < -0.4 is 0 Å². The average molecular weight is 182 g/mol. The summed E-state index contributed by atoms with van der Waals surface area (Å²) in [6.07, 6.45) is 3.11. The van der Waals surface area contributed by atoms with Gasteiger partial charge in [0, 0.05) is 19.3 Å². The fraction of sp³-hybridized carbons (Fsp3) is 0.571. The molecule has 58 valence electrons. The summed E-state index contributed by atoms with van der Waals surface area (Å²) in [6, 6.07) is 0. The Balaban J connectivity index is 0. The minimum atomic E-state index is -0.0764. The maximum absolute atomic E-state index is 9.93. The van der Waals surface area contributed by atoms with Gasteiger partial charge in [-0.2, -0.15) is 0 Å². The van der Waals surface area contributed by atoms with Crippen LogP contribution in [0.2, 0.25) is 0 Å². The topological polar surface area (TPSA) is 51.2 Å². The first-order valence-corrected chi connectivity index (χ1v) is 3.16. The fourth-order valence-electron chi connectivity index (χ4n) is 0.697. The quantitative estimate of drug-likeness (QED) is 0.419. The van der Waals surface area contributed by atoms with E-state index in [4.69, 9.17) is 0 Å². The van der Waals surface area contributed by atoms with Crippen molar-refractivity contribution in [3.8, 4) is 0 Å². The summed E-state index contributed by atoms with van der Waals surface area (Å²) >= 11 is 0. The average Bonchev–Trinajstić information content (AvgIpc) is 1.90. The van der Waals surface area contributed by atoms with Crippen LogP contribution >= 0.6 is 0 Å². The first kappa shape index (κ1) is 14.2. The molecule has 0 amide bonds. The summed E-state index contributed by atoms with van der Waals surface area (Å²) in [4.78, 5) is 29.8. The van der Waals surface area contributed by atoms with Gasteiger partial charge in [0.2, 0.25) is 0 Å². The molecule has 0 aliphatic carbocycles. The van der Waals surface area contributed by atoms with Gasteiger partial charge in [0.05, 0.1) is 0 Å². The van der Waals surface area contributed by atoms with Crippen LogP contribution in [0.25, 0.3) is 0 Å². The summed E-state index contributed by atoms with van der Waals surface area (Å²) in [5.74, 6) is -0.0764. The van der Waals surface area contributed by atoms with Gasteiger partial charge in [-0.25, -0.2) is 0 Å². The summed E-state index contributed by atoms with van der Waals surface area (Å²) < 4.78 is 0. The van der Waals surface area contributed by atoms with Crippen LogP contribution in [0.1, 0.15) is 19.3 Å². The summed E-state index contributed by atoms with van der Waals surface area (Å²) in [6.45, 7) is 0. The number of hydrogen-bond donors (Lipinski definition) is 0. The number of rotatable bonds is 6. The Morgan fingerprint density at radius 2 is 1.09 bits per heavy atom. The molecule has 11 heavy (non-hydrogen) atoms. The molecule has 0 heterocycles. The van der Waals surface area contributed by atoms with E-state index in [2.05, 4.69) is 0 Å². The molecule has 4 heteroatoms. The molecule has 0 aromatic carbocycles. The molecule has 0 aromatic rings. The first-order chi connectivity index (χ1) is 4.85. The van der Waals surface area contributed by atoms with E-state index >= 15 is 0 Å². The van der Waals surface area contributed by atoms with Crippen molar-refractivity contribution in [1.82, 2.24) is 0 Å². The van der Waals surface area contributed by atoms with Crippen LogP contribution in [0.15, 0.2) is 0 Å². The third-order valence-electron chi connectivity index (χ3n) is 1.29. The van der Waals surface area contributed by atoms with Gasteiger partial charge < -0.3 is 14.4 Å². The molecule has 3 nitrogen and oxygen atoms in total. The van der Waals surface area contributed by atoms with E-state index in [1.165, 1.54) is 0 Å². The number of aldehydes is 3. The summed E-state index contributed by atoms with van der Waals surface area (Å²) in [5, 5.41) is 0. The molecule has 0 radical (unpaired) electrons. The van der Waals surface area contributed by atoms with Crippen molar-refractivity contribution >= 4 is 70.2 Å². The van der Waals surface area contributed by atoms with Crippen molar-refractivity contribution in [2.45, 2.75) is 19.3 Å². The standard InChI is InChI=1S/C7H10O3.K.H/c8-4-1-7(2-5-9)3-6-10;;/h4-7H,1-3H2;;. The predicted molar refractivity (Wildman–Crippen MR) is 42.7 cm³/mol. The van der Waals surface area contributed by atoms with E-state index in [-0.39, 0.29) is 57.3 Å². The zero-order valence-electron chi connectivity index (χ0n) is 5.66. The molecule has 0 aliphatic heterocycles. The van der Waals surface area contributed by atoms with Gasteiger partial charge in [0.1, 0.15) is 18.9 Å². The predicted octanol–water partition coefficient (Wildman–Crippen LogP) is -0.279. The van der Waals surface area contributed by atoms with Gasteiger partial charge in [-0.3, -0.25) is 0 Å². The minimum absolute atomic E-state index is 0. The summed E-state index contributed by atoms with van der Waals surface area (Å²) in [5.41, 5.74) is 0. The number of carbonyl (C=O) groups is 3. The van der Waals surface area contributed by atoms with E-state index < -0.39 is 0 Å². The number of hydrogen-bond acceptors (Lipinski definition) is 3. The van der Waals surface area contributed by atoms with Crippen LogP contribution in [0.3, 0.4) is 0 Å². The van der Waals surface area contributed by atoms with Gasteiger partial charge in [0.25, 0.3) is 0 Å². The molecule has 0 aliphatic rings. The van der Waals surface area contributed by atoms with Crippen molar-refractivity contribution in [3.63, 3.8) is 0 Å². The Morgan fingerprint density at radius 1 is 0.818 bits per heavy atom. The molecule has 0 fully saturated rings. The third kappa shape index (κ3) is 8.55. The second-order valence-electron chi connectivity index (χ2n) is 2.07. The van der Waals surface area contributed by atoms with E-state index in [1.54, 1.807) is 0 Å². The Morgan fingerprint density at radius 3 is 1.27 bits per heavy atom. The van der Waals surface area contributed by atoms with Crippen LogP contribution in [-0.2, 0) is 14.4 Å². The molecular weight excluding hydrogens is 171 g/mol. The first-order valence-electron chi connectivity index (χ1n) is 3.16.